The molecule has 6 rings (SSSR count). The summed E-state index contributed by atoms with van der Waals surface area (Å²) in [6.45, 7) is 8.40. The van der Waals surface area contributed by atoms with Gasteiger partial charge in [0.1, 0.15) is 11.5 Å². The number of hydrogen-bond acceptors (Lipinski definition) is 5. The van der Waals surface area contributed by atoms with Crippen LogP contribution in [0.4, 0.5) is 0 Å². The van der Waals surface area contributed by atoms with Crippen LogP contribution in [0.5, 0.6) is 11.5 Å². The summed E-state index contributed by atoms with van der Waals surface area (Å²) in [5, 5.41) is 2.10. The lowest BCUT2D eigenvalue weighted by atomic mass is 9.95. The lowest BCUT2D eigenvalue weighted by molar-refractivity contribution is 0.414. The minimum Gasteiger partial charge on any atom is -0.497 e. The molecule has 0 atom stereocenters. The SMILES string of the molecule is COc1cc(C)c(-c2cnc3c(ccc4ccc(-c5cccc(-c6c(C)cc(OC)cc6C)n5)nc43)c2)c(C)c1. The summed E-state index contributed by atoms with van der Waals surface area (Å²) in [7, 11) is 3.39. The van der Waals surface area contributed by atoms with Crippen molar-refractivity contribution in [3.8, 4) is 45.3 Å². The second kappa shape index (κ2) is 10.1. The standard InChI is InChI=1S/C35H31N3O2/c1-20-14-27(39-5)15-21(2)32(20)26-18-25-11-10-24-12-13-30(38-35(24)34(25)36-19-26)29-8-7-9-31(37-29)33-22(3)16-28(40-6)17-23(33)4/h7-19H,1-6H3. The minimum atomic E-state index is 0.818. The molecule has 0 aliphatic rings. The molecule has 0 fully saturated rings. The van der Waals surface area contributed by atoms with Gasteiger partial charge in [-0.3, -0.25) is 4.98 Å². The third-order valence-corrected chi connectivity index (χ3v) is 7.55. The van der Waals surface area contributed by atoms with Gasteiger partial charge in [0.2, 0.25) is 0 Å². The highest BCUT2D eigenvalue weighted by molar-refractivity contribution is 6.04. The van der Waals surface area contributed by atoms with Crippen molar-refractivity contribution >= 4 is 21.8 Å². The number of rotatable bonds is 5. The Bertz CT molecular complexity index is 1880. The summed E-state index contributed by atoms with van der Waals surface area (Å²) in [5.74, 6) is 1.72. The van der Waals surface area contributed by atoms with Gasteiger partial charge >= 0.3 is 0 Å². The van der Waals surface area contributed by atoms with Crippen molar-refractivity contribution in [1.29, 1.82) is 0 Å². The Morgan fingerprint density at radius 3 is 1.73 bits per heavy atom. The minimum absolute atomic E-state index is 0.818. The van der Waals surface area contributed by atoms with E-state index in [2.05, 4.69) is 64.1 Å². The Morgan fingerprint density at radius 2 is 1.07 bits per heavy atom. The topological polar surface area (TPSA) is 57.1 Å². The molecule has 3 aromatic carbocycles. The molecule has 6 aromatic rings. The monoisotopic (exact) mass is 525 g/mol. The second-order valence-corrected chi connectivity index (χ2v) is 10.3. The number of hydrogen-bond donors (Lipinski definition) is 0. The van der Waals surface area contributed by atoms with Crippen molar-refractivity contribution in [2.24, 2.45) is 0 Å². The van der Waals surface area contributed by atoms with Gasteiger partial charge in [-0.05, 0) is 104 Å². The smallest absolute Gasteiger partial charge is 0.119 e. The molecule has 0 spiro atoms. The molecule has 0 bridgehead atoms. The van der Waals surface area contributed by atoms with E-state index in [-0.39, 0.29) is 0 Å². The van der Waals surface area contributed by atoms with Crippen LogP contribution in [0.2, 0.25) is 0 Å². The maximum absolute atomic E-state index is 5.45. The van der Waals surface area contributed by atoms with Crippen LogP contribution in [0, 0.1) is 27.7 Å². The van der Waals surface area contributed by atoms with E-state index in [0.717, 1.165) is 83.8 Å². The van der Waals surface area contributed by atoms with Crippen LogP contribution in [0.1, 0.15) is 22.3 Å². The fraction of sp³-hybridized carbons (Fsp3) is 0.171. The van der Waals surface area contributed by atoms with Gasteiger partial charge in [0.25, 0.3) is 0 Å². The van der Waals surface area contributed by atoms with Crippen LogP contribution in [0.15, 0.2) is 79.0 Å². The molecular weight excluding hydrogens is 494 g/mol. The number of ether oxygens (including phenoxy) is 2. The lowest BCUT2D eigenvalue weighted by Gasteiger charge is -2.14. The summed E-state index contributed by atoms with van der Waals surface area (Å²) in [5.41, 5.74) is 12.3. The van der Waals surface area contributed by atoms with Crippen molar-refractivity contribution in [2.75, 3.05) is 14.2 Å². The first-order valence-electron chi connectivity index (χ1n) is 13.3. The predicted octanol–water partition coefficient (Wildman–Crippen LogP) is 8.43. The summed E-state index contributed by atoms with van der Waals surface area (Å²) in [4.78, 5) is 15.0. The first kappa shape index (κ1) is 25.5. The van der Waals surface area contributed by atoms with Crippen LogP contribution < -0.4 is 9.47 Å². The van der Waals surface area contributed by atoms with Gasteiger partial charge in [0.15, 0.2) is 0 Å². The fourth-order valence-corrected chi connectivity index (χ4v) is 5.72. The largest absolute Gasteiger partial charge is 0.497 e. The Kier molecular flexibility index (Phi) is 6.43. The van der Waals surface area contributed by atoms with Gasteiger partial charge in [0.05, 0.1) is 42.3 Å². The number of pyridine rings is 3. The van der Waals surface area contributed by atoms with Gasteiger partial charge in [0, 0.05) is 28.1 Å². The van der Waals surface area contributed by atoms with E-state index in [0.29, 0.717) is 0 Å². The molecule has 3 aromatic heterocycles. The zero-order valence-electron chi connectivity index (χ0n) is 23.7. The third kappa shape index (κ3) is 4.43. The van der Waals surface area contributed by atoms with Crippen LogP contribution in [0.25, 0.3) is 55.6 Å². The van der Waals surface area contributed by atoms with Gasteiger partial charge < -0.3 is 9.47 Å². The quantitative estimate of drug-likeness (QED) is 0.211. The molecule has 0 N–H and O–H groups in total. The van der Waals surface area contributed by atoms with Gasteiger partial charge in [-0.1, -0.05) is 24.3 Å². The average Bonchev–Trinajstić information content (AvgIpc) is 2.96. The molecular formula is C35H31N3O2. The summed E-state index contributed by atoms with van der Waals surface area (Å²) in [6.07, 6.45) is 1.95. The number of benzene rings is 3. The van der Waals surface area contributed by atoms with Crippen LogP contribution >= 0.6 is 0 Å². The molecule has 5 heteroatoms. The van der Waals surface area contributed by atoms with Crippen molar-refractivity contribution in [2.45, 2.75) is 27.7 Å². The van der Waals surface area contributed by atoms with Gasteiger partial charge in [-0.15, -0.1) is 0 Å². The van der Waals surface area contributed by atoms with E-state index in [1.54, 1.807) is 14.2 Å². The Balaban J connectivity index is 1.44. The predicted molar refractivity (Wildman–Crippen MR) is 163 cm³/mol. The number of aryl methyl sites for hydroxylation is 4. The van der Waals surface area contributed by atoms with Crippen molar-refractivity contribution in [3.05, 3.63) is 101 Å². The van der Waals surface area contributed by atoms with Crippen LogP contribution in [-0.4, -0.2) is 29.2 Å². The molecule has 0 saturated carbocycles. The van der Waals surface area contributed by atoms with Crippen molar-refractivity contribution in [1.82, 2.24) is 15.0 Å². The Morgan fingerprint density at radius 1 is 0.525 bits per heavy atom. The maximum Gasteiger partial charge on any atom is 0.119 e. The van der Waals surface area contributed by atoms with E-state index < -0.39 is 0 Å². The molecule has 0 unspecified atom stereocenters. The van der Waals surface area contributed by atoms with E-state index >= 15 is 0 Å². The summed E-state index contributed by atoms with van der Waals surface area (Å²) >= 11 is 0. The highest BCUT2D eigenvalue weighted by Gasteiger charge is 2.14. The molecule has 40 heavy (non-hydrogen) atoms. The summed E-state index contributed by atoms with van der Waals surface area (Å²) in [6, 6.07) is 24.9. The molecule has 0 aliphatic heterocycles. The second-order valence-electron chi connectivity index (χ2n) is 10.3. The van der Waals surface area contributed by atoms with Gasteiger partial charge in [-0.25, -0.2) is 9.97 Å². The number of nitrogens with zero attached hydrogens (tertiary/aromatic N) is 3. The molecule has 0 aliphatic carbocycles. The third-order valence-electron chi connectivity index (χ3n) is 7.55. The molecule has 198 valence electrons. The lowest BCUT2D eigenvalue weighted by Crippen LogP contribution is -1.96. The molecule has 0 amide bonds. The van der Waals surface area contributed by atoms with E-state index in [1.807, 2.05) is 42.6 Å². The number of methoxy groups -OCH3 is 2. The highest BCUT2D eigenvalue weighted by atomic mass is 16.5. The zero-order valence-corrected chi connectivity index (χ0v) is 23.7. The molecule has 3 heterocycles. The van der Waals surface area contributed by atoms with E-state index in [4.69, 9.17) is 24.4 Å². The van der Waals surface area contributed by atoms with Crippen molar-refractivity contribution in [3.63, 3.8) is 0 Å². The Labute approximate surface area is 234 Å². The van der Waals surface area contributed by atoms with E-state index in [9.17, 15) is 0 Å². The molecule has 0 radical (unpaired) electrons. The fourth-order valence-electron chi connectivity index (χ4n) is 5.72. The summed E-state index contributed by atoms with van der Waals surface area (Å²) < 4.78 is 10.9. The number of aromatic nitrogens is 3. The molecule has 0 saturated heterocycles. The first-order chi connectivity index (χ1) is 19.4. The van der Waals surface area contributed by atoms with Gasteiger partial charge in [-0.2, -0.15) is 0 Å². The normalized spacial score (nSPS) is 11.2. The van der Waals surface area contributed by atoms with Crippen LogP contribution in [0.3, 0.4) is 0 Å². The van der Waals surface area contributed by atoms with Crippen LogP contribution in [-0.2, 0) is 0 Å². The first-order valence-corrected chi connectivity index (χ1v) is 13.3. The zero-order chi connectivity index (χ0) is 28.0. The molecule has 5 nitrogen and oxygen atoms in total. The highest BCUT2D eigenvalue weighted by Crippen LogP contribution is 2.35. The van der Waals surface area contributed by atoms with E-state index in [1.165, 1.54) is 5.56 Å². The Hall–Kier alpha value is -4.77. The number of fused-ring (bicyclic) bond motifs is 3. The average molecular weight is 526 g/mol. The van der Waals surface area contributed by atoms with Crippen molar-refractivity contribution < 1.29 is 9.47 Å². The maximum atomic E-state index is 5.45.